The monoisotopic (exact) mass is 449 g/mol. The summed E-state index contributed by atoms with van der Waals surface area (Å²) < 4.78 is 12.9. The Labute approximate surface area is 189 Å². The molecular formula is C22H23N7O4. The van der Waals surface area contributed by atoms with Crippen LogP contribution in [0.2, 0.25) is 0 Å². The van der Waals surface area contributed by atoms with E-state index >= 15 is 0 Å². The van der Waals surface area contributed by atoms with E-state index in [1.807, 2.05) is 19.3 Å². The zero-order valence-electron chi connectivity index (χ0n) is 18.0. The normalized spacial score (nSPS) is 18.1. The van der Waals surface area contributed by atoms with Gasteiger partial charge in [-0.15, -0.1) is 0 Å². The maximum absolute atomic E-state index is 12.6. The van der Waals surface area contributed by atoms with Crippen molar-refractivity contribution in [3.8, 4) is 22.8 Å². The molecule has 2 aliphatic heterocycles. The molecule has 5 rings (SSSR count). The fourth-order valence-electron chi connectivity index (χ4n) is 3.86. The summed E-state index contributed by atoms with van der Waals surface area (Å²) in [4.78, 5) is 36.7. The number of carbonyl (C=O) groups is 2. The van der Waals surface area contributed by atoms with Gasteiger partial charge in [0, 0.05) is 50.8 Å². The summed E-state index contributed by atoms with van der Waals surface area (Å²) in [7, 11) is 1.84. The number of ether oxygens (including phenoxy) is 2. The Bertz CT molecular complexity index is 1160. The predicted molar refractivity (Wildman–Crippen MR) is 118 cm³/mol. The van der Waals surface area contributed by atoms with Crippen LogP contribution >= 0.6 is 0 Å². The first-order valence-corrected chi connectivity index (χ1v) is 10.6. The highest BCUT2D eigenvalue weighted by atomic mass is 16.5. The van der Waals surface area contributed by atoms with Gasteiger partial charge in [0.2, 0.25) is 0 Å². The zero-order valence-corrected chi connectivity index (χ0v) is 18.0. The lowest BCUT2D eigenvalue weighted by Gasteiger charge is -2.22. The first-order chi connectivity index (χ1) is 16.1. The fraction of sp³-hybridized carbons (Fsp3) is 0.318. The lowest BCUT2D eigenvalue weighted by molar-refractivity contribution is 0.154. The number of anilines is 1. The van der Waals surface area contributed by atoms with Crippen LogP contribution in [0.5, 0.6) is 11.5 Å². The highest BCUT2D eigenvalue weighted by molar-refractivity contribution is 6.01. The number of nitrogens with zero attached hydrogens (tertiary/aromatic N) is 6. The number of nitrogens with one attached hydrogen (secondary N) is 1. The Hall–Kier alpha value is -3.99. The van der Waals surface area contributed by atoms with Crippen LogP contribution in [0, 0.1) is 0 Å². The molecule has 33 heavy (non-hydrogen) atoms. The van der Waals surface area contributed by atoms with Crippen molar-refractivity contribution in [1.82, 2.24) is 29.5 Å². The van der Waals surface area contributed by atoms with Crippen molar-refractivity contribution in [2.45, 2.75) is 12.5 Å². The molecule has 170 valence electrons. The molecule has 4 amide bonds. The lowest BCUT2D eigenvalue weighted by Crippen LogP contribution is -2.43. The summed E-state index contributed by atoms with van der Waals surface area (Å²) in [6, 6.07) is 6.11. The van der Waals surface area contributed by atoms with Crippen LogP contribution in [-0.4, -0.2) is 74.0 Å². The van der Waals surface area contributed by atoms with E-state index in [0.717, 1.165) is 17.7 Å². The Morgan fingerprint density at radius 2 is 2.09 bits per heavy atom. The number of rotatable bonds is 5. The highest BCUT2D eigenvalue weighted by Crippen LogP contribution is 2.26. The van der Waals surface area contributed by atoms with Crippen molar-refractivity contribution in [3.63, 3.8) is 0 Å². The number of amides is 4. The second-order valence-electron chi connectivity index (χ2n) is 7.84. The Kier molecular flexibility index (Phi) is 5.61. The van der Waals surface area contributed by atoms with Crippen LogP contribution in [-0.2, 0) is 11.8 Å². The SMILES string of the molecule is Cn1cc(-c2cc(Oc3ccc(NC(=O)N4CCN([C@H]5CCOC5)C4=O)nc3)ccn2)cn1. The number of aryl methyl sites for hydroxylation is 1. The van der Waals surface area contributed by atoms with E-state index < -0.39 is 6.03 Å². The molecule has 1 N–H and O–H groups in total. The van der Waals surface area contributed by atoms with E-state index in [1.54, 1.807) is 40.2 Å². The summed E-state index contributed by atoms with van der Waals surface area (Å²) in [5.41, 5.74) is 1.63. The quantitative estimate of drug-likeness (QED) is 0.637. The molecule has 11 heteroatoms. The number of pyridine rings is 2. The second kappa shape index (κ2) is 8.87. The van der Waals surface area contributed by atoms with E-state index in [-0.39, 0.29) is 12.1 Å². The van der Waals surface area contributed by atoms with Gasteiger partial charge in [-0.3, -0.25) is 15.0 Å². The van der Waals surface area contributed by atoms with Crippen LogP contribution in [0.3, 0.4) is 0 Å². The van der Waals surface area contributed by atoms with Crippen molar-refractivity contribution < 1.29 is 19.1 Å². The molecule has 2 saturated heterocycles. The molecule has 11 nitrogen and oxygen atoms in total. The molecule has 2 aliphatic rings. The molecule has 0 saturated carbocycles. The smallest absolute Gasteiger partial charge is 0.331 e. The third kappa shape index (κ3) is 4.48. The van der Waals surface area contributed by atoms with Gasteiger partial charge >= 0.3 is 12.1 Å². The average molecular weight is 449 g/mol. The lowest BCUT2D eigenvalue weighted by atomic mass is 10.2. The van der Waals surface area contributed by atoms with Crippen molar-refractivity contribution in [3.05, 3.63) is 49.1 Å². The third-order valence-electron chi connectivity index (χ3n) is 5.57. The predicted octanol–water partition coefficient (Wildman–Crippen LogP) is 2.73. The maximum atomic E-state index is 12.6. The Balaban J connectivity index is 1.20. The summed E-state index contributed by atoms with van der Waals surface area (Å²) in [5, 5.41) is 6.83. The van der Waals surface area contributed by atoms with Gasteiger partial charge in [-0.25, -0.2) is 19.5 Å². The van der Waals surface area contributed by atoms with Gasteiger partial charge in [0.1, 0.15) is 17.3 Å². The molecule has 0 bridgehead atoms. The molecule has 5 heterocycles. The molecule has 0 spiro atoms. The Morgan fingerprint density at radius 1 is 1.18 bits per heavy atom. The van der Waals surface area contributed by atoms with Crippen LogP contribution in [0.1, 0.15) is 6.42 Å². The molecule has 3 aromatic rings. The summed E-state index contributed by atoms with van der Waals surface area (Å²) in [5.74, 6) is 1.43. The van der Waals surface area contributed by atoms with Crippen LogP contribution in [0.4, 0.5) is 15.4 Å². The van der Waals surface area contributed by atoms with E-state index in [2.05, 4.69) is 20.4 Å². The van der Waals surface area contributed by atoms with Crippen LogP contribution < -0.4 is 10.1 Å². The van der Waals surface area contributed by atoms with Crippen molar-refractivity contribution in [2.75, 3.05) is 31.6 Å². The van der Waals surface area contributed by atoms with Crippen LogP contribution in [0.15, 0.2) is 49.1 Å². The number of imide groups is 1. The molecule has 0 aliphatic carbocycles. The van der Waals surface area contributed by atoms with Gasteiger partial charge in [0.15, 0.2) is 0 Å². The van der Waals surface area contributed by atoms with Gasteiger partial charge in [-0.1, -0.05) is 0 Å². The number of carbonyl (C=O) groups excluding carboxylic acids is 2. The van der Waals surface area contributed by atoms with Gasteiger partial charge in [0.05, 0.1) is 30.7 Å². The number of aromatic nitrogens is 4. The first kappa shape index (κ1) is 20.9. The van der Waals surface area contributed by atoms with E-state index in [1.165, 1.54) is 11.1 Å². The molecule has 3 aromatic heterocycles. The number of urea groups is 2. The van der Waals surface area contributed by atoms with E-state index in [4.69, 9.17) is 9.47 Å². The molecule has 1 atom stereocenters. The zero-order chi connectivity index (χ0) is 22.8. The molecular weight excluding hydrogens is 426 g/mol. The van der Waals surface area contributed by atoms with Gasteiger partial charge in [-0.2, -0.15) is 5.10 Å². The van der Waals surface area contributed by atoms with Crippen molar-refractivity contribution in [2.24, 2.45) is 7.05 Å². The molecule has 0 aromatic carbocycles. The van der Waals surface area contributed by atoms with Crippen molar-refractivity contribution in [1.29, 1.82) is 0 Å². The minimum Gasteiger partial charge on any atom is -0.456 e. The second-order valence-corrected chi connectivity index (χ2v) is 7.84. The van der Waals surface area contributed by atoms with Crippen LogP contribution in [0.25, 0.3) is 11.3 Å². The maximum Gasteiger partial charge on any atom is 0.331 e. The fourth-order valence-corrected chi connectivity index (χ4v) is 3.86. The third-order valence-corrected chi connectivity index (χ3v) is 5.57. The summed E-state index contributed by atoms with van der Waals surface area (Å²) in [6.07, 6.45) is 7.57. The number of hydrogen-bond donors (Lipinski definition) is 1. The molecule has 0 radical (unpaired) electrons. The minimum absolute atomic E-state index is 0.0386. The van der Waals surface area contributed by atoms with Gasteiger partial charge in [0.25, 0.3) is 0 Å². The Morgan fingerprint density at radius 3 is 2.82 bits per heavy atom. The first-order valence-electron chi connectivity index (χ1n) is 10.6. The van der Waals surface area contributed by atoms with Crippen molar-refractivity contribution >= 4 is 17.9 Å². The standard InChI is InChI=1S/C22H23N7O4/c1-27-13-15(11-25-27)19-10-17(4-6-23-19)33-18-2-3-20(24-12-18)26-21(30)29-8-7-28(22(29)31)16-5-9-32-14-16/h2-4,6,10-13,16H,5,7-9,14H2,1H3,(H,24,26,30)/t16-/m0/s1. The van der Waals surface area contributed by atoms with E-state index in [0.29, 0.717) is 43.6 Å². The highest BCUT2D eigenvalue weighted by Gasteiger charge is 2.38. The number of hydrogen-bond acceptors (Lipinski definition) is 7. The molecule has 2 fully saturated rings. The topological polar surface area (TPSA) is 115 Å². The van der Waals surface area contributed by atoms with Gasteiger partial charge < -0.3 is 14.4 Å². The summed E-state index contributed by atoms with van der Waals surface area (Å²) in [6.45, 7) is 2.01. The minimum atomic E-state index is -0.502. The molecule has 0 unspecified atom stereocenters. The van der Waals surface area contributed by atoms with E-state index in [9.17, 15) is 9.59 Å². The average Bonchev–Trinajstić information content (AvgIpc) is 3.56. The van der Waals surface area contributed by atoms with Gasteiger partial charge in [-0.05, 0) is 24.6 Å². The largest absolute Gasteiger partial charge is 0.456 e. The summed E-state index contributed by atoms with van der Waals surface area (Å²) >= 11 is 0.